The topological polar surface area (TPSA) is 99.1 Å². The quantitative estimate of drug-likeness (QED) is 0.714. The molecule has 1 aromatic heterocycles. The molecule has 0 fully saturated rings. The van der Waals surface area contributed by atoms with Gasteiger partial charge in [-0.05, 0) is 6.42 Å². The smallest absolute Gasteiger partial charge is 0.331 e. The molecule has 18 heavy (non-hydrogen) atoms. The highest BCUT2D eigenvalue weighted by Gasteiger charge is 2.10. The van der Waals surface area contributed by atoms with Crippen LogP contribution < -0.4 is 22.3 Å². The fourth-order valence-corrected chi connectivity index (χ4v) is 1.61. The Labute approximate surface area is 104 Å². The van der Waals surface area contributed by atoms with Gasteiger partial charge in [-0.2, -0.15) is 0 Å². The van der Waals surface area contributed by atoms with Crippen LogP contribution in [0.5, 0.6) is 0 Å². The number of aromatic nitrogens is 2. The van der Waals surface area contributed by atoms with Crippen molar-refractivity contribution < 1.29 is 4.79 Å². The Kier molecular flexibility index (Phi) is 4.70. The monoisotopic (exact) mass is 254 g/mol. The summed E-state index contributed by atoms with van der Waals surface area (Å²) < 4.78 is 2.39. The van der Waals surface area contributed by atoms with Crippen LogP contribution in [0.25, 0.3) is 0 Å². The Bertz CT molecular complexity index is 544. The molecule has 0 saturated heterocycles. The number of hydrogen-bond acceptors (Lipinski definition) is 4. The predicted octanol–water partition coefficient (Wildman–Crippen LogP) is -0.862. The molecule has 1 amide bonds. The Morgan fingerprint density at radius 1 is 1.39 bits per heavy atom. The van der Waals surface area contributed by atoms with E-state index in [9.17, 15) is 14.4 Å². The van der Waals surface area contributed by atoms with Crippen molar-refractivity contribution >= 4 is 11.6 Å². The number of carbonyl (C=O) groups is 1. The van der Waals surface area contributed by atoms with Gasteiger partial charge in [0, 0.05) is 32.8 Å². The summed E-state index contributed by atoms with van der Waals surface area (Å²) in [4.78, 5) is 34.8. The minimum absolute atomic E-state index is 0.0138. The molecule has 100 valence electrons. The van der Waals surface area contributed by atoms with Gasteiger partial charge in [-0.3, -0.25) is 18.7 Å². The summed E-state index contributed by atoms with van der Waals surface area (Å²) in [7, 11) is 1.50. The molecule has 1 aromatic rings. The van der Waals surface area contributed by atoms with Gasteiger partial charge in [-0.15, -0.1) is 0 Å². The first-order chi connectivity index (χ1) is 8.51. The summed E-state index contributed by atoms with van der Waals surface area (Å²) in [5.74, 6) is -0.231. The van der Waals surface area contributed by atoms with Crippen molar-refractivity contribution in [2.24, 2.45) is 0 Å². The molecule has 0 saturated carbocycles. The number of nitrogens with zero attached hydrogens (tertiary/aromatic N) is 2. The van der Waals surface area contributed by atoms with Crippen LogP contribution in [0.1, 0.15) is 19.8 Å². The van der Waals surface area contributed by atoms with Crippen molar-refractivity contribution in [2.45, 2.75) is 32.9 Å². The first kappa shape index (κ1) is 14.0. The molecule has 0 unspecified atom stereocenters. The maximum Gasteiger partial charge on any atom is 0.331 e. The molecule has 0 aromatic carbocycles. The van der Waals surface area contributed by atoms with Gasteiger partial charge in [0.1, 0.15) is 5.69 Å². The summed E-state index contributed by atoms with van der Waals surface area (Å²) in [5, 5.41) is 2.43. The highest BCUT2D eigenvalue weighted by atomic mass is 16.2. The molecular weight excluding hydrogens is 236 g/mol. The molecule has 1 rings (SSSR count). The van der Waals surface area contributed by atoms with E-state index in [4.69, 9.17) is 5.73 Å². The fraction of sp³-hybridized carbons (Fsp3) is 0.545. The number of nitrogen functional groups attached to an aromatic ring is 1. The third kappa shape index (κ3) is 2.99. The summed E-state index contributed by atoms with van der Waals surface area (Å²) in [6.45, 7) is 2.44. The second-order valence-corrected chi connectivity index (χ2v) is 3.94. The van der Waals surface area contributed by atoms with E-state index in [1.165, 1.54) is 17.8 Å². The molecule has 1 heterocycles. The first-order valence-corrected chi connectivity index (χ1v) is 5.81. The van der Waals surface area contributed by atoms with E-state index in [2.05, 4.69) is 5.32 Å². The van der Waals surface area contributed by atoms with Crippen molar-refractivity contribution in [3.05, 3.63) is 27.0 Å². The maximum absolute atomic E-state index is 12.0. The standard InChI is InChI=1S/C11H18N4O3/c1-3-5-14-7-8(12)10(17)15(11(14)18)6-4-9(16)13-2/h7H,3-6,12H2,1-2H3,(H,13,16). The van der Waals surface area contributed by atoms with Gasteiger partial charge < -0.3 is 11.1 Å². The van der Waals surface area contributed by atoms with Gasteiger partial charge in [-0.25, -0.2) is 4.79 Å². The average molecular weight is 254 g/mol. The first-order valence-electron chi connectivity index (χ1n) is 5.81. The van der Waals surface area contributed by atoms with Crippen LogP contribution in [0.3, 0.4) is 0 Å². The van der Waals surface area contributed by atoms with E-state index in [1.807, 2.05) is 6.92 Å². The minimum Gasteiger partial charge on any atom is -0.393 e. The molecule has 3 N–H and O–H groups in total. The Morgan fingerprint density at radius 3 is 2.61 bits per heavy atom. The lowest BCUT2D eigenvalue weighted by atomic mass is 10.4. The number of amides is 1. The predicted molar refractivity (Wildman–Crippen MR) is 68.3 cm³/mol. The van der Waals surface area contributed by atoms with Crippen LogP contribution >= 0.6 is 0 Å². The van der Waals surface area contributed by atoms with Crippen LogP contribution in [0.2, 0.25) is 0 Å². The van der Waals surface area contributed by atoms with Gasteiger partial charge >= 0.3 is 5.69 Å². The zero-order valence-corrected chi connectivity index (χ0v) is 10.6. The second kappa shape index (κ2) is 6.04. The molecule has 0 bridgehead atoms. The van der Waals surface area contributed by atoms with Gasteiger partial charge in [0.25, 0.3) is 5.56 Å². The van der Waals surface area contributed by atoms with Crippen LogP contribution in [-0.4, -0.2) is 22.1 Å². The van der Waals surface area contributed by atoms with Crippen molar-refractivity contribution in [2.75, 3.05) is 12.8 Å². The third-order valence-electron chi connectivity index (χ3n) is 2.57. The van der Waals surface area contributed by atoms with E-state index in [-0.39, 0.29) is 24.6 Å². The molecule has 0 aliphatic heterocycles. The average Bonchev–Trinajstić information content (AvgIpc) is 2.35. The molecule has 0 radical (unpaired) electrons. The van der Waals surface area contributed by atoms with E-state index in [1.54, 1.807) is 0 Å². The molecule has 7 heteroatoms. The number of hydrogen-bond donors (Lipinski definition) is 2. The number of nitrogens with one attached hydrogen (secondary N) is 1. The van der Waals surface area contributed by atoms with Crippen molar-refractivity contribution in [3.63, 3.8) is 0 Å². The number of anilines is 1. The van der Waals surface area contributed by atoms with Gasteiger partial charge in [0.15, 0.2) is 0 Å². The second-order valence-electron chi connectivity index (χ2n) is 3.94. The fourth-order valence-electron chi connectivity index (χ4n) is 1.61. The SMILES string of the molecule is CCCn1cc(N)c(=O)n(CCC(=O)NC)c1=O. The van der Waals surface area contributed by atoms with E-state index >= 15 is 0 Å². The Hall–Kier alpha value is -2.05. The Morgan fingerprint density at radius 2 is 2.06 bits per heavy atom. The normalized spacial score (nSPS) is 10.3. The highest BCUT2D eigenvalue weighted by Crippen LogP contribution is 1.93. The summed E-state index contributed by atoms with van der Waals surface area (Å²) >= 11 is 0. The maximum atomic E-state index is 12.0. The lowest BCUT2D eigenvalue weighted by molar-refractivity contribution is -0.120. The zero-order valence-electron chi connectivity index (χ0n) is 10.6. The largest absolute Gasteiger partial charge is 0.393 e. The molecule has 0 atom stereocenters. The number of carbonyl (C=O) groups excluding carboxylic acids is 1. The van der Waals surface area contributed by atoms with E-state index < -0.39 is 11.2 Å². The van der Waals surface area contributed by atoms with Gasteiger partial charge in [0.2, 0.25) is 5.91 Å². The molecular formula is C11H18N4O3. The minimum atomic E-state index is -0.545. The number of rotatable bonds is 5. The van der Waals surface area contributed by atoms with Crippen LogP contribution in [0.15, 0.2) is 15.8 Å². The highest BCUT2D eigenvalue weighted by molar-refractivity contribution is 5.75. The number of nitrogens with two attached hydrogens (primary N) is 1. The molecule has 7 nitrogen and oxygen atoms in total. The molecule has 0 aliphatic carbocycles. The lowest BCUT2D eigenvalue weighted by Gasteiger charge is -2.10. The van der Waals surface area contributed by atoms with Crippen molar-refractivity contribution in [1.29, 1.82) is 0 Å². The van der Waals surface area contributed by atoms with Crippen LogP contribution in [-0.2, 0) is 17.9 Å². The van der Waals surface area contributed by atoms with E-state index in [0.717, 1.165) is 11.0 Å². The van der Waals surface area contributed by atoms with Gasteiger partial charge in [-0.1, -0.05) is 6.92 Å². The number of aryl methyl sites for hydroxylation is 1. The molecule has 0 aliphatic rings. The summed E-state index contributed by atoms with van der Waals surface area (Å²) in [5.41, 5.74) is 4.60. The molecule has 0 spiro atoms. The third-order valence-corrected chi connectivity index (χ3v) is 2.57. The van der Waals surface area contributed by atoms with Crippen molar-refractivity contribution in [3.8, 4) is 0 Å². The van der Waals surface area contributed by atoms with Crippen LogP contribution in [0.4, 0.5) is 5.69 Å². The van der Waals surface area contributed by atoms with E-state index in [0.29, 0.717) is 6.54 Å². The van der Waals surface area contributed by atoms with Crippen molar-refractivity contribution in [1.82, 2.24) is 14.5 Å². The van der Waals surface area contributed by atoms with Crippen LogP contribution in [0, 0.1) is 0 Å². The lowest BCUT2D eigenvalue weighted by Crippen LogP contribution is -2.41. The Balaban J connectivity index is 3.13. The summed E-state index contributed by atoms with van der Waals surface area (Å²) in [6, 6.07) is 0. The zero-order chi connectivity index (χ0) is 13.7. The van der Waals surface area contributed by atoms with Gasteiger partial charge in [0.05, 0.1) is 0 Å². The summed E-state index contributed by atoms with van der Waals surface area (Å²) in [6.07, 6.45) is 2.18.